The first-order valence-corrected chi connectivity index (χ1v) is 11.5. The molecule has 4 rings (SSSR count). The minimum absolute atomic E-state index is 0.182. The maximum absolute atomic E-state index is 13.4. The Morgan fingerprint density at radius 1 is 1.10 bits per heavy atom. The molecule has 0 atom stereocenters. The van der Waals surface area contributed by atoms with Crippen molar-refractivity contribution in [3.8, 4) is 22.2 Å². The zero-order valence-electron chi connectivity index (χ0n) is 16.0. The van der Waals surface area contributed by atoms with Gasteiger partial charge in [0.25, 0.3) is 5.89 Å². The second-order valence-electron chi connectivity index (χ2n) is 6.60. The molecule has 0 radical (unpaired) electrons. The molecule has 0 aliphatic heterocycles. The van der Waals surface area contributed by atoms with Gasteiger partial charge in [0.2, 0.25) is 15.8 Å². The third-order valence-corrected chi connectivity index (χ3v) is 7.18. The molecule has 0 amide bonds. The molecule has 0 unspecified atom stereocenters. The summed E-state index contributed by atoms with van der Waals surface area (Å²) in [6.07, 6.45) is 0.594. The zero-order valence-corrected chi connectivity index (χ0v) is 17.6. The molecule has 0 bridgehead atoms. The van der Waals surface area contributed by atoms with Gasteiger partial charge in [-0.15, -0.1) is 11.3 Å². The first kappa shape index (κ1) is 20.4. The van der Waals surface area contributed by atoms with Crippen molar-refractivity contribution in [3.63, 3.8) is 0 Å². The molecule has 30 heavy (non-hydrogen) atoms. The van der Waals surface area contributed by atoms with E-state index < -0.39 is 15.8 Å². The average Bonchev–Trinajstić information content (AvgIpc) is 3.36. The molecule has 0 aliphatic rings. The van der Waals surface area contributed by atoms with Crippen LogP contribution in [0, 0.1) is 12.7 Å². The molecule has 6 nitrogen and oxygen atoms in total. The van der Waals surface area contributed by atoms with E-state index in [-0.39, 0.29) is 16.6 Å². The van der Waals surface area contributed by atoms with Gasteiger partial charge in [-0.3, -0.25) is 0 Å². The molecule has 4 aromatic rings. The Bertz CT molecular complexity index is 1270. The summed E-state index contributed by atoms with van der Waals surface area (Å²) in [6, 6.07) is 17.0. The van der Waals surface area contributed by atoms with E-state index in [2.05, 4.69) is 14.9 Å². The lowest BCUT2D eigenvalue weighted by Gasteiger charge is -2.06. The fourth-order valence-electron chi connectivity index (χ4n) is 2.96. The van der Waals surface area contributed by atoms with Crippen molar-refractivity contribution in [1.29, 1.82) is 0 Å². The second kappa shape index (κ2) is 8.47. The molecular formula is C21H18FN3O3S2. The molecule has 2 aromatic carbocycles. The van der Waals surface area contributed by atoms with E-state index >= 15 is 0 Å². The highest BCUT2D eigenvalue weighted by molar-refractivity contribution is 7.89. The highest BCUT2D eigenvalue weighted by Gasteiger charge is 2.22. The number of hydrogen-bond acceptors (Lipinski definition) is 6. The van der Waals surface area contributed by atoms with Crippen LogP contribution in [-0.4, -0.2) is 25.1 Å². The third-order valence-electron chi connectivity index (χ3n) is 4.43. The van der Waals surface area contributed by atoms with Crippen LogP contribution in [0.15, 0.2) is 70.1 Å². The summed E-state index contributed by atoms with van der Waals surface area (Å²) in [6.45, 7) is 2.02. The molecule has 0 fully saturated rings. The van der Waals surface area contributed by atoms with E-state index in [1.165, 1.54) is 29.5 Å². The summed E-state index contributed by atoms with van der Waals surface area (Å²) in [5.41, 5.74) is 1.53. The third kappa shape index (κ3) is 4.48. The summed E-state index contributed by atoms with van der Waals surface area (Å²) in [5.74, 6) is 0.0230. The molecule has 2 heterocycles. The van der Waals surface area contributed by atoms with Gasteiger partial charge < -0.3 is 4.52 Å². The van der Waals surface area contributed by atoms with Crippen LogP contribution >= 0.6 is 11.3 Å². The maximum atomic E-state index is 13.4. The van der Waals surface area contributed by atoms with Gasteiger partial charge in [-0.1, -0.05) is 47.6 Å². The fourth-order valence-corrected chi connectivity index (χ4v) is 5.50. The first-order chi connectivity index (χ1) is 14.4. The Labute approximate surface area is 177 Å². The maximum Gasteiger partial charge on any atom is 0.268 e. The lowest BCUT2D eigenvalue weighted by atomic mass is 10.2. The van der Waals surface area contributed by atoms with Crippen molar-refractivity contribution in [3.05, 3.63) is 76.9 Å². The van der Waals surface area contributed by atoms with Crippen molar-refractivity contribution in [2.45, 2.75) is 18.2 Å². The SMILES string of the molecule is Cc1sc(-c2nc(-c3cccc(F)c3)no2)cc1S(=O)(=O)NCCc1ccccc1. The number of sulfonamides is 1. The van der Waals surface area contributed by atoms with Crippen molar-refractivity contribution >= 4 is 21.4 Å². The Balaban J connectivity index is 1.51. The molecule has 0 saturated carbocycles. The highest BCUT2D eigenvalue weighted by atomic mass is 32.2. The van der Waals surface area contributed by atoms with E-state index in [9.17, 15) is 12.8 Å². The van der Waals surface area contributed by atoms with Gasteiger partial charge in [0.1, 0.15) is 5.82 Å². The van der Waals surface area contributed by atoms with E-state index in [1.807, 2.05) is 30.3 Å². The average molecular weight is 444 g/mol. The van der Waals surface area contributed by atoms with Gasteiger partial charge in [0.15, 0.2) is 0 Å². The Hall–Kier alpha value is -2.88. The fraction of sp³-hybridized carbons (Fsp3) is 0.143. The van der Waals surface area contributed by atoms with Crippen LogP contribution in [0.3, 0.4) is 0 Å². The molecule has 9 heteroatoms. The predicted molar refractivity (Wildman–Crippen MR) is 113 cm³/mol. The summed E-state index contributed by atoms with van der Waals surface area (Å²) in [4.78, 5) is 5.61. The van der Waals surface area contributed by atoms with Gasteiger partial charge in [0.05, 0.1) is 9.77 Å². The van der Waals surface area contributed by atoms with Crippen LogP contribution in [0.25, 0.3) is 22.2 Å². The van der Waals surface area contributed by atoms with Crippen LogP contribution in [0.5, 0.6) is 0 Å². The molecule has 1 N–H and O–H groups in total. The number of nitrogens with one attached hydrogen (secondary N) is 1. The van der Waals surface area contributed by atoms with E-state index in [4.69, 9.17) is 4.52 Å². The smallest absolute Gasteiger partial charge is 0.268 e. The van der Waals surface area contributed by atoms with Gasteiger partial charge >= 0.3 is 0 Å². The lowest BCUT2D eigenvalue weighted by molar-refractivity contribution is 0.433. The number of rotatable bonds is 7. The number of aryl methyl sites for hydroxylation is 1. The summed E-state index contributed by atoms with van der Waals surface area (Å²) in [5, 5.41) is 3.88. The Kier molecular flexibility index (Phi) is 5.76. The van der Waals surface area contributed by atoms with Crippen LogP contribution in [-0.2, 0) is 16.4 Å². The number of halogens is 1. The molecule has 0 saturated heterocycles. The quantitative estimate of drug-likeness (QED) is 0.457. The second-order valence-corrected chi connectivity index (χ2v) is 9.59. The van der Waals surface area contributed by atoms with Crippen LogP contribution in [0.2, 0.25) is 0 Å². The number of aromatic nitrogens is 2. The minimum Gasteiger partial charge on any atom is -0.333 e. The van der Waals surface area contributed by atoms with Crippen molar-refractivity contribution in [2.75, 3.05) is 6.54 Å². The van der Waals surface area contributed by atoms with Crippen LogP contribution in [0.1, 0.15) is 10.4 Å². The molecule has 0 aliphatic carbocycles. The standard InChI is InChI=1S/C21H18FN3O3S2/c1-14-19(30(26,27)23-11-10-15-6-3-2-4-7-15)13-18(29-14)21-24-20(25-28-21)16-8-5-9-17(22)12-16/h2-9,12-13,23H,10-11H2,1H3. The van der Waals surface area contributed by atoms with Crippen molar-refractivity contribution < 1.29 is 17.3 Å². The van der Waals surface area contributed by atoms with Crippen LogP contribution in [0.4, 0.5) is 4.39 Å². The van der Waals surface area contributed by atoms with Crippen molar-refractivity contribution in [2.24, 2.45) is 0 Å². The summed E-state index contributed by atoms with van der Waals surface area (Å²) in [7, 11) is -3.68. The first-order valence-electron chi connectivity index (χ1n) is 9.16. The highest BCUT2D eigenvalue weighted by Crippen LogP contribution is 2.33. The minimum atomic E-state index is -3.68. The Morgan fingerprint density at radius 3 is 2.67 bits per heavy atom. The Morgan fingerprint density at radius 2 is 1.90 bits per heavy atom. The molecular weight excluding hydrogens is 425 g/mol. The largest absolute Gasteiger partial charge is 0.333 e. The number of thiophene rings is 1. The summed E-state index contributed by atoms with van der Waals surface area (Å²) < 4.78 is 46.8. The number of benzene rings is 2. The molecule has 154 valence electrons. The normalized spacial score (nSPS) is 11.7. The van der Waals surface area contributed by atoms with Gasteiger partial charge in [-0.05, 0) is 37.1 Å². The van der Waals surface area contributed by atoms with Crippen molar-refractivity contribution in [1.82, 2.24) is 14.9 Å². The molecule has 0 spiro atoms. The van der Waals surface area contributed by atoms with Gasteiger partial charge in [-0.2, -0.15) is 4.98 Å². The van der Waals surface area contributed by atoms with Crippen LogP contribution < -0.4 is 4.72 Å². The number of nitrogens with zero attached hydrogens (tertiary/aromatic N) is 2. The summed E-state index contributed by atoms with van der Waals surface area (Å²) >= 11 is 1.25. The monoisotopic (exact) mass is 443 g/mol. The molecule has 2 aromatic heterocycles. The van der Waals surface area contributed by atoms with Gasteiger partial charge in [-0.25, -0.2) is 17.5 Å². The lowest BCUT2D eigenvalue weighted by Crippen LogP contribution is -2.26. The topological polar surface area (TPSA) is 85.1 Å². The predicted octanol–water partition coefficient (Wildman–Crippen LogP) is 4.43. The zero-order chi connectivity index (χ0) is 21.1. The number of hydrogen-bond donors (Lipinski definition) is 1. The van der Waals surface area contributed by atoms with E-state index in [0.29, 0.717) is 28.3 Å². The van der Waals surface area contributed by atoms with Gasteiger partial charge in [0, 0.05) is 17.0 Å². The van der Waals surface area contributed by atoms with E-state index in [1.54, 1.807) is 19.1 Å². The van der Waals surface area contributed by atoms with E-state index in [0.717, 1.165) is 5.56 Å².